The number of hydrogen-bond acceptors (Lipinski definition) is 6. The minimum Gasteiger partial charge on any atom is -1.00 e. The molecular formula is C19H48BrCl3Li2O6Si3. The van der Waals surface area contributed by atoms with Crippen molar-refractivity contribution in [3.05, 3.63) is 7.43 Å². The summed E-state index contributed by atoms with van der Waals surface area (Å²) in [7, 11) is -4.54. The summed E-state index contributed by atoms with van der Waals surface area (Å²) in [4.78, 5) is 0. The molecule has 0 unspecified atom stereocenters. The molecule has 0 amide bonds. The molecule has 0 heterocycles. The minimum absolute atomic E-state index is 0. The smallest absolute Gasteiger partial charge is 1.00 e. The molecule has 6 nitrogen and oxygen atoms in total. The normalized spacial score (nSPS) is 10.6. The van der Waals surface area contributed by atoms with Crippen molar-refractivity contribution in [3.63, 3.8) is 0 Å². The summed E-state index contributed by atoms with van der Waals surface area (Å²) in [6, 6.07) is 0.191. The fourth-order valence-electron chi connectivity index (χ4n) is 2.18. The molecule has 0 aromatic heterocycles. The quantitative estimate of drug-likeness (QED) is 0.118. The topological polar surface area (TPSA) is 55.4 Å². The van der Waals surface area contributed by atoms with Crippen molar-refractivity contribution in [2.75, 3.05) is 39.6 Å². The average Bonchev–Trinajstić information content (AvgIpc) is 2.69. The maximum Gasteiger partial charge on any atom is 1.00 e. The molecule has 0 spiro atoms. The summed E-state index contributed by atoms with van der Waals surface area (Å²) in [6.07, 6.45) is 0. The van der Waals surface area contributed by atoms with Crippen molar-refractivity contribution in [2.45, 2.75) is 80.4 Å². The predicted molar refractivity (Wildman–Crippen MR) is 142 cm³/mol. The van der Waals surface area contributed by atoms with Crippen LogP contribution in [0.25, 0.3) is 0 Å². The Morgan fingerprint density at radius 2 is 0.588 bits per heavy atom. The Labute approximate surface area is 263 Å². The van der Waals surface area contributed by atoms with E-state index in [1.807, 2.05) is 62.3 Å². The Balaban J connectivity index is -0.0000000636. The first-order valence-corrected chi connectivity index (χ1v) is 20.1. The van der Waals surface area contributed by atoms with E-state index in [0.29, 0.717) is 45.7 Å². The summed E-state index contributed by atoms with van der Waals surface area (Å²) in [5.41, 5.74) is 0. The maximum absolute atomic E-state index is 5.55. The molecule has 0 rings (SSSR count). The van der Waals surface area contributed by atoms with Crippen LogP contribution in [0.2, 0.25) is 18.1 Å². The van der Waals surface area contributed by atoms with Gasteiger partial charge < -0.3 is 51.0 Å². The van der Waals surface area contributed by atoms with Gasteiger partial charge in [-0.25, -0.2) is 0 Å². The molecule has 0 N–H and O–H groups in total. The first kappa shape index (κ1) is 53.2. The number of rotatable bonds is 15. The zero-order valence-electron chi connectivity index (χ0n) is 23.8. The van der Waals surface area contributed by atoms with Crippen LogP contribution in [-0.4, -0.2) is 63.3 Å². The van der Waals surface area contributed by atoms with Crippen molar-refractivity contribution in [1.29, 1.82) is 0 Å². The van der Waals surface area contributed by atoms with Gasteiger partial charge in [0.05, 0.1) is 0 Å². The molecule has 34 heavy (non-hydrogen) atoms. The first-order chi connectivity index (χ1) is 14.0. The summed E-state index contributed by atoms with van der Waals surface area (Å²) in [5.74, 6) is 0. The van der Waals surface area contributed by atoms with Gasteiger partial charge in [-0.05, 0) is 47.6 Å². The van der Waals surface area contributed by atoms with Gasteiger partial charge in [-0.2, -0.15) is 0 Å². The SMILES string of the molecule is CCO[Si](CC)(OCC)OCC.CCO[Si](CC)(OCC)OCC.CC[Si](Cl)(Cl)Cl.[Br-].[CH3-].[Li+].[Li+]. The van der Waals surface area contributed by atoms with Crippen molar-refractivity contribution < 1.29 is 81.3 Å². The van der Waals surface area contributed by atoms with Crippen LogP contribution in [0.5, 0.6) is 0 Å². The third kappa shape index (κ3) is 31.2. The van der Waals surface area contributed by atoms with E-state index >= 15 is 0 Å². The Morgan fingerprint density at radius 3 is 0.647 bits per heavy atom. The van der Waals surface area contributed by atoms with Gasteiger partial charge in [0.1, 0.15) is 0 Å². The van der Waals surface area contributed by atoms with Crippen molar-refractivity contribution >= 4 is 56.8 Å². The van der Waals surface area contributed by atoms with Crippen LogP contribution < -0.4 is 54.7 Å². The summed E-state index contributed by atoms with van der Waals surface area (Å²) >= 11 is 16.2. The van der Waals surface area contributed by atoms with Gasteiger partial charge in [-0.15, -0.1) is 33.2 Å². The van der Waals surface area contributed by atoms with Gasteiger partial charge in [0.25, 0.3) is 0 Å². The second-order valence-electron chi connectivity index (χ2n) is 5.64. The van der Waals surface area contributed by atoms with E-state index in [1.165, 1.54) is 0 Å². The molecule has 0 aliphatic carbocycles. The van der Waals surface area contributed by atoms with Gasteiger partial charge in [0.2, 0.25) is 0 Å². The Bertz CT molecular complexity index is 325. The molecule has 0 fully saturated rings. The second kappa shape index (κ2) is 34.0. The van der Waals surface area contributed by atoms with E-state index in [9.17, 15) is 0 Å². The van der Waals surface area contributed by atoms with E-state index in [1.54, 1.807) is 0 Å². The Hall–Kier alpha value is 2.96. The van der Waals surface area contributed by atoms with E-state index in [4.69, 9.17) is 59.8 Å². The van der Waals surface area contributed by atoms with Gasteiger partial charge in [0, 0.05) is 51.7 Å². The van der Waals surface area contributed by atoms with Crippen molar-refractivity contribution in [3.8, 4) is 0 Å². The molecule has 202 valence electrons. The van der Waals surface area contributed by atoms with Gasteiger partial charge in [-0.1, -0.05) is 20.8 Å². The van der Waals surface area contributed by atoms with E-state index < -0.39 is 23.6 Å². The molecule has 0 bridgehead atoms. The molecule has 0 aromatic rings. The van der Waals surface area contributed by atoms with Crippen LogP contribution in [0.4, 0.5) is 0 Å². The molecule has 0 atom stereocenters. The summed E-state index contributed by atoms with van der Waals surface area (Å²) < 4.78 is 33.3. The van der Waals surface area contributed by atoms with E-state index in [0.717, 1.165) is 12.1 Å². The molecule has 0 aliphatic rings. The fourth-order valence-corrected chi connectivity index (χ4v) is 6.55. The molecule has 0 radical (unpaired) electrons. The van der Waals surface area contributed by atoms with Gasteiger partial charge in [0.15, 0.2) is 0 Å². The molecule has 0 saturated carbocycles. The maximum atomic E-state index is 5.55. The second-order valence-corrected chi connectivity index (χ2v) is 21.0. The molecule has 15 heteroatoms. The fraction of sp³-hybridized carbons (Fsp3) is 0.947. The third-order valence-corrected chi connectivity index (χ3v) is 12.8. The summed E-state index contributed by atoms with van der Waals surface area (Å²) in [6.45, 7) is 21.8. The van der Waals surface area contributed by atoms with Crippen LogP contribution >= 0.6 is 33.2 Å². The molecule has 0 aromatic carbocycles. The largest absolute Gasteiger partial charge is 1.00 e. The van der Waals surface area contributed by atoms with Gasteiger partial charge >= 0.3 is 61.3 Å². The molecule has 0 aliphatic heterocycles. The Kier molecular flexibility index (Phi) is 53.2. The Morgan fingerprint density at radius 1 is 0.441 bits per heavy atom. The van der Waals surface area contributed by atoms with Crippen LogP contribution in [0.15, 0.2) is 0 Å². The summed E-state index contributed by atoms with van der Waals surface area (Å²) in [5, 5.41) is 0. The van der Waals surface area contributed by atoms with Crippen LogP contribution in [0.3, 0.4) is 0 Å². The third-order valence-electron chi connectivity index (χ3n) is 3.45. The van der Waals surface area contributed by atoms with Crippen molar-refractivity contribution in [1.82, 2.24) is 0 Å². The first-order valence-electron chi connectivity index (χ1n) is 10.9. The van der Waals surface area contributed by atoms with Gasteiger partial charge in [-0.3, -0.25) is 0 Å². The monoisotopic (exact) mass is 654 g/mol. The van der Waals surface area contributed by atoms with E-state index in [2.05, 4.69) is 0 Å². The zero-order chi connectivity index (χ0) is 24.1. The van der Waals surface area contributed by atoms with Crippen LogP contribution in [-0.2, 0) is 26.6 Å². The van der Waals surface area contributed by atoms with Crippen LogP contribution in [0, 0.1) is 7.43 Å². The number of hydrogen-bond donors (Lipinski definition) is 0. The van der Waals surface area contributed by atoms with E-state index in [-0.39, 0.29) is 62.1 Å². The molecular weight excluding hydrogens is 609 g/mol. The number of halogens is 4. The van der Waals surface area contributed by atoms with Crippen molar-refractivity contribution in [2.24, 2.45) is 0 Å². The molecule has 0 saturated heterocycles. The zero-order valence-corrected chi connectivity index (χ0v) is 30.7. The predicted octanol–water partition coefficient (Wildman–Crippen LogP) is -1.77. The minimum atomic E-state index is -2.27. The average molecular weight is 657 g/mol. The standard InChI is InChI=1S/2C8H20O3Si.C2H5Cl3Si.CH3.BrH.2Li/c2*1-5-9-12(8-4,10-6-2)11-7-3;1-2-6(3,4)5;;;;/h2*5-8H2,1-4H3;2H2,1H3;1H3;1H;;/q;;;-1;;2*+1/p-1. The van der Waals surface area contributed by atoms with Crippen LogP contribution in [0.1, 0.15) is 62.3 Å².